The topological polar surface area (TPSA) is 51.8 Å². The fourth-order valence-electron chi connectivity index (χ4n) is 5.57. The number of aryl methyl sites for hydroxylation is 1. The van der Waals surface area contributed by atoms with Crippen LogP contribution in [0.2, 0.25) is 6.82 Å². The molecule has 2 fully saturated rings. The van der Waals surface area contributed by atoms with E-state index in [1.165, 1.54) is 55.0 Å². The van der Waals surface area contributed by atoms with E-state index < -0.39 is 0 Å². The Labute approximate surface area is 235 Å². The number of hydrogen-bond acceptors (Lipinski definition) is 5. The summed E-state index contributed by atoms with van der Waals surface area (Å²) in [5, 5.41) is 7.15. The summed E-state index contributed by atoms with van der Waals surface area (Å²) in [6, 6.07) is 26.1. The third-order valence-corrected chi connectivity index (χ3v) is 7.95. The van der Waals surface area contributed by atoms with Gasteiger partial charge in [0.2, 0.25) is 0 Å². The van der Waals surface area contributed by atoms with E-state index in [1.54, 1.807) is 0 Å². The van der Waals surface area contributed by atoms with Crippen LogP contribution in [0.3, 0.4) is 0 Å². The lowest BCUT2D eigenvalue weighted by Crippen LogP contribution is -2.48. The molecule has 0 radical (unpaired) electrons. The molecular weight excluding hydrogens is 482 g/mol. The molecule has 2 aliphatic heterocycles. The molecule has 204 valence electrons. The van der Waals surface area contributed by atoms with Gasteiger partial charge in [0.05, 0.1) is 0 Å². The Morgan fingerprint density at radius 1 is 0.692 bits per heavy atom. The molecule has 39 heavy (non-hydrogen) atoms. The average molecular weight is 524 g/mol. The number of piperidine rings is 2. The number of nitrogens with one attached hydrogen (secondary N) is 2. The largest absolute Gasteiger partial charge is 0.457 e. The van der Waals surface area contributed by atoms with Crippen molar-refractivity contribution >= 4 is 30.2 Å². The number of benzene rings is 3. The molecule has 2 saturated heterocycles. The van der Waals surface area contributed by atoms with Crippen molar-refractivity contribution in [1.29, 1.82) is 0 Å². The average Bonchev–Trinajstić information content (AvgIpc) is 2.98. The molecule has 2 atom stereocenters. The highest BCUT2D eigenvalue weighted by Gasteiger charge is 2.24. The number of ether oxygens (including phenoxy) is 1. The summed E-state index contributed by atoms with van der Waals surface area (Å²) in [6.45, 7) is 7.86. The normalized spacial score (nSPS) is 19.4. The minimum absolute atomic E-state index is 0.0597. The molecule has 2 aliphatic rings. The molecule has 0 saturated carbocycles. The van der Waals surface area contributed by atoms with Crippen LogP contribution in [0.1, 0.15) is 44.1 Å². The van der Waals surface area contributed by atoms with Gasteiger partial charge in [-0.25, -0.2) is 0 Å². The van der Waals surface area contributed by atoms with Crippen LogP contribution in [0.15, 0.2) is 72.8 Å². The van der Waals surface area contributed by atoms with Crippen LogP contribution in [0.5, 0.6) is 11.5 Å². The van der Waals surface area contributed by atoms with E-state index in [9.17, 15) is 0 Å². The van der Waals surface area contributed by atoms with Crippen LogP contribution in [0, 0.1) is 6.92 Å². The van der Waals surface area contributed by atoms with E-state index in [1.807, 2.05) is 24.3 Å². The number of rotatable bonds is 11. The summed E-state index contributed by atoms with van der Waals surface area (Å²) in [5.74, 6) is 1.64. The van der Waals surface area contributed by atoms with Crippen molar-refractivity contribution in [3.8, 4) is 11.5 Å². The molecular formula is C32H42B2N2O3. The van der Waals surface area contributed by atoms with E-state index in [2.05, 4.69) is 72.9 Å². The molecule has 0 spiro atoms. The fourth-order valence-corrected chi connectivity index (χ4v) is 5.57. The second-order valence-electron chi connectivity index (χ2n) is 11.1. The predicted octanol–water partition coefficient (Wildman–Crippen LogP) is 4.04. The maximum absolute atomic E-state index is 6.54. The Kier molecular flexibility index (Phi) is 10.2. The smallest absolute Gasteiger partial charge is 0.361 e. The highest BCUT2D eigenvalue weighted by molar-refractivity contribution is 6.80. The lowest BCUT2D eigenvalue weighted by atomic mass is 9.55. The highest BCUT2D eigenvalue weighted by Crippen LogP contribution is 2.20. The summed E-state index contributed by atoms with van der Waals surface area (Å²) in [6.07, 6.45) is 7.47. The first-order valence-electron chi connectivity index (χ1n) is 14.8. The Morgan fingerprint density at radius 3 is 1.85 bits per heavy atom. The minimum Gasteiger partial charge on any atom is -0.457 e. The van der Waals surface area contributed by atoms with Crippen molar-refractivity contribution in [3.63, 3.8) is 0 Å². The van der Waals surface area contributed by atoms with Gasteiger partial charge in [-0.15, -0.1) is 0 Å². The van der Waals surface area contributed by atoms with E-state index in [0.717, 1.165) is 36.7 Å². The summed E-state index contributed by atoms with van der Waals surface area (Å²) >= 11 is 0. The molecule has 3 aromatic carbocycles. The van der Waals surface area contributed by atoms with Crippen molar-refractivity contribution in [3.05, 3.63) is 78.4 Å². The summed E-state index contributed by atoms with van der Waals surface area (Å²) in [7, 11) is 0. The van der Waals surface area contributed by atoms with Gasteiger partial charge in [-0.2, -0.15) is 0 Å². The van der Waals surface area contributed by atoms with Gasteiger partial charge in [0, 0.05) is 25.3 Å². The Balaban J connectivity index is 1.19. The first-order valence-corrected chi connectivity index (χ1v) is 14.8. The van der Waals surface area contributed by atoms with Crippen LogP contribution < -0.4 is 31.8 Å². The standard InChI is InChI=1S/C32H42B2N2O3/c1-25-8-7-9-28(22-25)34(38-24-30-11-4-6-21-36-30)27-14-18-32(19-15-27)39-31-16-12-26(13-17-31)33(2)37-23-29-10-3-5-20-35-29/h7-9,12-19,22,29-30,35-36H,3-6,10-11,20-21,23-24H2,1-2H3. The van der Waals surface area contributed by atoms with Crippen LogP contribution in [-0.2, 0) is 9.31 Å². The van der Waals surface area contributed by atoms with Crippen molar-refractivity contribution in [1.82, 2.24) is 10.6 Å². The van der Waals surface area contributed by atoms with Gasteiger partial charge in [-0.1, -0.05) is 73.8 Å². The molecule has 5 nitrogen and oxygen atoms in total. The lowest BCUT2D eigenvalue weighted by molar-refractivity contribution is 0.244. The van der Waals surface area contributed by atoms with Crippen LogP contribution in [0.25, 0.3) is 0 Å². The zero-order valence-electron chi connectivity index (χ0n) is 23.5. The first-order chi connectivity index (χ1) is 19.1. The third kappa shape index (κ3) is 8.21. The van der Waals surface area contributed by atoms with Crippen molar-refractivity contribution in [2.45, 2.75) is 64.4 Å². The van der Waals surface area contributed by atoms with E-state index >= 15 is 0 Å². The van der Waals surface area contributed by atoms with E-state index in [0.29, 0.717) is 18.7 Å². The summed E-state index contributed by atoms with van der Waals surface area (Å²) < 4.78 is 18.9. The van der Waals surface area contributed by atoms with Gasteiger partial charge in [-0.3, -0.25) is 0 Å². The molecule has 2 unspecified atom stereocenters. The molecule has 0 amide bonds. The molecule has 0 aliphatic carbocycles. The SMILES string of the molecule is CB(OCC1CCCCN1)c1ccc(Oc2ccc(B(OCC3CCCCN3)c3cccc(C)c3)cc2)cc1. The second kappa shape index (κ2) is 14.2. The van der Waals surface area contributed by atoms with Gasteiger partial charge in [0.25, 0.3) is 0 Å². The quantitative estimate of drug-likeness (QED) is 0.371. The lowest BCUT2D eigenvalue weighted by Gasteiger charge is -2.25. The van der Waals surface area contributed by atoms with Gasteiger partial charge >= 0.3 is 13.8 Å². The van der Waals surface area contributed by atoms with Crippen molar-refractivity contribution in [2.24, 2.45) is 0 Å². The molecule has 2 N–H and O–H groups in total. The van der Waals surface area contributed by atoms with Gasteiger partial charge < -0.3 is 24.7 Å². The zero-order chi connectivity index (χ0) is 26.9. The Bertz CT molecular complexity index is 1150. The maximum atomic E-state index is 6.54. The minimum atomic E-state index is -0.104. The predicted molar refractivity (Wildman–Crippen MR) is 164 cm³/mol. The van der Waals surface area contributed by atoms with Crippen molar-refractivity contribution in [2.75, 3.05) is 26.3 Å². The van der Waals surface area contributed by atoms with Gasteiger partial charge in [-0.05, 0) is 86.4 Å². The van der Waals surface area contributed by atoms with Crippen LogP contribution in [0.4, 0.5) is 0 Å². The Hall–Kier alpha value is -2.57. The molecule has 5 rings (SSSR count). The molecule has 7 heteroatoms. The Morgan fingerprint density at radius 2 is 1.28 bits per heavy atom. The zero-order valence-corrected chi connectivity index (χ0v) is 23.5. The molecule has 2 heterocycles. The maximum Gasteiger partial charge on any atom is 0.361 e. The fraction of sp³-hybridized carbons (Fsp3) is 0.438. The third-order valence-electron chi connectivity index (χ3n) is 7.95. The molecule has 3 aromatic rings. The molecule has 0 aromatic heterocycles. The van der Waals surface area contributed by atoms with Gasteiger partial charge in [0.15, 0.2) is 0 Å². The van der Waals surface area contributed by atoms with E-state index in [4.69, 9.17) is 14.0 Å². The highest BCUT2D eigenvalue weighted by atomic mass is 16.5. The van der Waals surface area contributed by atoms with E-state index in [-0.39, 0.29) is 13.8 Å². The van der Waals surface area contributed by atoms with Crippen LogP contribution >= 0.6 is 0 Å². The van der Waals surface area contributed by atoms with Gasteiger partial charge in [0.1, 0.15) is 11.5 Å². The second-order valence-corrected chi connectivity index (χ2v) is 11.1. The monoisotopic (exact) mass is 524 g/mol. The summed E-state index contributed by atoms with van der Waals surface area (Å²) in [5.41, 5.74) is 4.73. The first kappa shape index (κ1) is 28.0. The summed E-state index contributed by atoms with van der Waals surface area (Å²) in [4.78, 5) is 0. The van der Waals surface area contributed by atoms with Crippen LogP contribution in [-0.4, -0.2) is 52.2 Å². The molecule has 0 bridgehead atoms. The number of hydrogen-bond donors (Lipinski definition) is 2. The van der Waals surface area contributed by atoms with Crippen molar-refractivity contribution < 1.29 is 14.0 Å².